The highest BCUT2D eigenvalue weighted by Gasteiger charge is 2.09. The molecule has 0 aromatic carbocycles. The van der Waals surface area contributed by atoms with Crippen molar-refractivity contribution in [2.75, 3.05) is 31.5 Å². The maximum Gasteiger partial charge on any atom is 0.140 e. The quantitative estimate of drug-likeness (QED) is 0.784. The molecule has 1 N–H and O–H groups in total. The van der Waals surface area contributed by atoms with Crippen LogP contribution < -0.4 is 5.32 Å². The largest absolute Gasteiger partial charge is 0.384 e. The van der Waals surface area contributed by atoms with Crippen molar-refractivity contribution in [2.45, 2.75) is 19.3 Å². The Bertz CT molecular complexity index is 373. The molecule has 90 valence electrons. The van der Waals surface area contributed by atoms with Crippen molar-refractivity contribution >= 4 is 5.69 Å². The predicted octanol–water partition coefficient (Wildman–Crippen LogP) is 1.85. The molecule has 4 heteroatoms. The third kappa shape index (κ3) is 3.72. The Morgan fingerprint density at radius 2 is 2.18 bits per heavy atom. The summed E-state index contributed by atoms with van der Waals surface area (Å²) >= 11 is 0. The first-order chi connectivity index (χ1) is 8.38. The van der Waals surface area contributed by atoms with Gasteiger partial charge in [0.1, 0.15) is 11.8 Å². The average molecular weight is 230 g/mol. The Morgan fingerprint density at radius 1 is 1.35 bits per heavy atom. The maximum absolute atomic E-state index is 8.63. The van der Waals surface area contributed by atoms with Crippen molar-refractivity contribution in [3.05, 3.63) is 24.0 Å². The van der Waals surface area contributed by atoms with Crippen LogP contribution in [-0.2, 0) is 0 Å². The van der Waals surface area contributed by atoms with E-state index in [0.717, 1.165) is 18.7 Å². The van der Waals surface area contributed by atoms with Crippen LogP contribution in [0.25, 0.3) is 0 Å². The fourth-order valence-electron chi connectivity index (χ4n) is 2.11. The van der Waals surface area contributed by atoms with Gasteiger partial charge in [-0.05, 0) is 51.0 Å². The second-order valence-corrected chi connectivity index (χ2v) is 4.37. The van der Waals surface area contributed by atoms with Crippen LogP contribution in [0.3, 0.4) is 0 Å². The van der Waals surface area contributed by atoms with Gasteiger partial charge in [-0.25, -0.2) is 4.98 Å². The number of nitrogens with zero attached hydrogens (tertiary/aromatic N) is 3. The lowest BCUT2D eigenvalue weighted by atomic mass is 10.3. The van der Waals surface area contributed by atoms with E-state index in [9.17, 15) is 0 Å². The topological polar surface area (TPSA) is 52.0 Å². The summed E-state index contributed by atoms with van der Waals surface area (Å²) in [6, 6.07) is 5.66. The molecule has 2 rings (SSSR count). The average Bonchev–Trinajstić information content (AvgIpc) is 2.88. The van der Waals surface area contributed by atoms with Gasteiger partial charge < -0.3 is 10.2 Å². The molecule has 1 fully saturated rings. The molecule has 2 heterocycles. The van der Waals surface area contributed by atoms with Gasteiger partial charge in [0.2, 0.25) is 0 Å². The molecule has 1 aliphatic heterocycles. The zero-order valence-electron chi connectivity index (χ0n) is 10.0. The third-order valence-electron chi connectivity index (χ3n) is 3.06. The monoisotopic (exact) mass is 230 g/mol. The summed E-state index contributed by atoms with van der Waals surface area (Å²) in [5.74, 6) is 0. The molecule has 0 spiro atoms. The normalized spacial score (nSPS) is 15.7. The first kappa shape index (κ1) is 11.9. The molecule has 0 saturated carbocycles. The van der Waals surface area contributed by atoms with Gasteiger partial charge in [0.05, 0.1) is 11.9 Å². The minimum absolute atomic E-state index is 0.465. The Kier molecular flexibility index (Phi) is 4.34. The lowest BCUT2D eigenvalue weighted by molar-refractivity contribution is 0.337. The van der Waals surface area contributed by atoms with E-state index in [1.54, 1.807) is 12.3 Å². The van der Waals surface area contributed by atoms with Gasteiger partial charge in [0.25, 0.3) is 0 Å². The molecular weight excluding hydrogens is 212 g/mol. The number of nitriles is 1. The summed E-state index contributed by atoms with van der Waals surface area (Å²) in [4.78, 5) is 6.53. The number of pyridine rings is 1. The Morgan fingerprint density at radius 3 is 2.82 bits per heavy atom. The lowest BCUT2D eigenvalue weighted by Gasteiger charge is -2.14. The Hall–Kier alpha value is -1.60. The van der Waals surface area contributed by atoms with E-state index in [1.807, 2.05) is 12.1 Å². The lowest BCUT2D eigenvalue weighted by Crippen LogP contribution is -2.22. The second kappa shape index (κ2) is 6.21. The number of hydrogen-bond acceptors (Lipinski definition) is 4. The fraction of sp³-hybridized carbons (Fsp3) is 0.538. The first-order valence-corrected chi connectivity index (χ1v) is 6.21. The molecule has 0 amide bonds. The van der Waals surface area contributed by atoms with Crippen LogP contribution in [0.1, 0.15) is 25.0 Å². The molecule has 1 aromatic rings. The second-order valence-electron chi connectivity index (χ2n) is 4.37. The fourth-order valence-corrected chi connectivity index (χ4v) is 2.11. The van der Waals surface area contributed by atoms with Crippen molar-refractivity contribution in [3.8, 4) is 6.07 Å². The van der Waals surface area contributed by atoms with Gasteiger partial charge in [0, 0.05) is 6.54 Å². The smallest absolute Gasteiger partial charge is 0.140 e. The molecule has 4 nitrogen and oxygen atoms in total. The molecule has 1 aromatic heterocycles. The number of anilines is 1. The van der Waals surface area contributed by atoms with Crippen LogP contribution >= 0.6 is 0 Å². The van der Waals surface area contributed by atoms with Crippen molar-refractivity contribution in [1.29, 1.82) is 5.26 Å². The molecule has 0 aliphatic carbocycles. The maximum atomic E-state index is 8.63. The number of aromatic nitrogens is 1. The van der Waals surface area contributed by atoms with Gasteiger partial charge >= 0.3 is 0 Å². The minimum Gasteiger partial charge on any atom is -0.384 e. The first-order valence-electron chi connectivity index (χ1n) is 6.21. The minimum atomic E-state index is 0.465. The number of rotatable bonds is 5. The number of likely N-dealkylation sites (tertiary alicyclic amines) is 1. The van der Waals surface area contributed by atoms with E-state index >= 15 is 0 Å². The van der Waals surface area contributed by atoms with Gasteiger partial charge in [0.15, 0.2) is 0 Å². The van der Waals surface area contributed by atoms with Crippen molar-refractivity contribution < 1.29 is 0 Å². The molecular formula is C13H18N4. The SMILES string of the molecule is N#Cc1ccc(NCCCN2CCCC2)cn1. The van der Waals surface area contributed by atoms with E-state index in [0.29, 0.717) is 5.69 Å². The van der Waals surface area contributed by atoms with Crippen LogP contribution in [0.5, 0.6) is 0 Å². The Labute approximate surface area is 102 Å². The van der Waals surface area contributed by atoms with E-state index < -0.39 is 0 Å². The molecule has 17 heavy (non-hydrogen) atoms. The molecule has 0 radical (unpaired) electrons. The van der Waals surface area contributed by atoms with E-state index in [-0.39, 0.29) is 0 Å². The summed E-state index contributed by atoms with van der Waals surface area (Å²) < 4.78 is 0. The number of nitrogens with one attached hydrogen (secondary N) is 1. The molecule has 1 aliphatic rings. The van der Waals surface area contributed by atoms with Crippen LogP contribution in [0, 0.1) is 11.3 Å². The zero-order valence-corrected chi connectivity index (χ0v) is 10.0. The molecule has 0 bridgehead atoms. The van der Waals surface area contributed by atoms with E-state index in [2.05, 4.69) is 15.2 Å². The summed E-state index contributed by atoms with van der Waals surface area (Å²) in [6.07, 6.45) is 5.58. The standard InChI is InChI=1S/C13H18N4/c14-10-12-4-5-13(11-16-12)15-6-3-9-17-7-1-2-8-17/h4-5,11,15H,1-3,6-9H2. The van der Waals surface area contributed by atoms with Crippen LogP contribution in [0.15, 0.2) is 18.3 Å². The van der Waals surface area contributed by atoms with Crippen LogP contribution in [-0.4, -0.2) is 36.1 Å². The van der Waals surface area contributed by atoms with Crippen molar-refractivity contribution in [2.24, 2.45) is 0 Å². The summed E-state index contributed by atoms with van der Waals surface area (Å²) in [7, 11) is 0. The van der Waals surface area contributed by atoms with Crippen molar-refractivity contribution in [1.82, 2.24) is 9.88 Å². The summed E-state index contributed by atoms with van der Waals surface area (Å²) in [5, 5.41) is 11.9. The van der Waals surface area contributed by atoms with Gasteiger partial charge in [-0.1, -0.05) is 0 Å². The molecule has 1 saturated heterocycles. The highest BCUT2D eigenvalue weighted by Crippen LogP contribution is 2.08. The number of hydrogen-bond donors (Lipinski definition) is 1. The van der Waals surface area contributed by atoms with Gasteiger partial charge in [-0.15, -0.1) is 0 Å². The van der Waals surface area contributed by atoms with Gasteiger partial charge in [-0.2, -0.15) is 5.26 Å². The van der Waals surface area contributed by atoms with Crippen LogP contribution in [0.4, 0.5) is 5.69 Å². The summed E-state index contributed by atoms with van der Waals surface area (Å²) in [6.45, 7) is 4.66. The third-order valence-corrected chi connectivity index (χ3v) is 3.06. The highest BCUT2D eigenvalue weighted by atomic mass is 15.1. The Balaban J connectivity index is 1.65. The van der Waals surface area contributed by atoms with Gasteiger partial charge in [-0.3, -0.25) is 0 Å². The van der Waals surface area contributed by atoms with Crippen LogP contribution in [0.2, 0.25) is 0 Å². The van der Waals surface area contributed by atoms with E-state index in [4.69, 9.17) is 5.26 Å². The van der Waals surface area contributed by atoms with Crippen molar-refractivity contribution in [3.63, 3.8) is 0 Å². The highest BCUT2D eigenvalue weighted by molar-refractivity contribution is 5.42. The molecule has 0 unspecified atom stereocenters. The van der Waals surface area contributed by atoms with E-state index in [1.165, 1.54) is 32.5 Å². The zero-order chi connectivity index (χ0) is 11.9. The molecule has 0 atom stereocenters. The summed E-state index contributed by atoms with van der Waals surface area (Å²) in [5.41, 5.74) is 1.46. The predicted molar refractivity (Wildman–Crippen MR) is 67.7 cm³/mol.